The highest BCUT2D eigenvalue weighted by Gasteiger charge is 2.37. The minimum Gasteiger partial charge on any atom is -0.369 e. The quantitative estimate of drug-likeness (QED) is 0.217. The maximum atomic E-state index is 3.84. The minimum absolute atomic E-state index is 0.269. The van der Waals surface area contributed by atoms with Crippen molar-refractivity contribution < 1.29 is 9.05 Å². The van der Waals surface area contributed by atoms with E-state index in [0.29, 0.717) is 5.92 Å². The highest BCUT2D eigenvalue weighted by Crippen LogP contribution is 2.51. The molecule has 0 bridgehead atoms. The molecule has 0 spiro atoms. The Morgan fingerprint density at radius 1 is 0.892 bits per heavy atom. The number of benzene rings is 3. The number of nitrogens with one attached hydrogen (secondary N) is 1. The number of para-hydroxylation sites is 2. The number of hydrogen-bond donors (Lipinski definition) is 1. The molecule has 6 rings (SSSR count). The zero-order chi connectivity index (χ0) is 25.6. The van der Waals surface area contributed by atoms with Crippen LogP contribution in [0.5, 0.6) is 0 Å². The molecule has 4 aromatic rings. The van der Waals surface area contributed by atoms with Crippen molar-refractivity contribution >= 4 is 33.9 Å². The van der Waals surface area contributed by atoms with Crippen LogP contribution in [0, 0.1) is 0 Å². The van der Waals surface area contributed by atoms with Gasteiger partial charge in [-0.2, -0.15) is 4.57 Å². The third-order valence-corrected chi connectivity index (χ3v) is 9.13. The monoisotopic (exact) mass is 507 g/mol. The molecule has 2 unspecified atom stereocenters. The van der Waals surface area contributed by atoms with Gasteiger partial charge in [0.2, 0.25) is 5.52 Å². The molecule has 3 aromatic carbocycles. The highest BCUT2D eigenvalue weighted by atomic mass is 32.2. The molecule has 1 aliphatic heterocycles. The van der Waals surface area contributed by atoms with E-state index in [2.05, 4.69) is 123 Å². The van der Waals surface area contributed by atoms with Gasteiger partial charge in [-0.3, -0.25) is 0 Å². The summed E-state index contributed by atoms with van der Waals surface area (Å²) in [5.41, 5.74) is 9.89. The third kappa shape index (κ3) is 4.69. The molecule has 37 heavy (non-hydrogen) atoms. The van der Waals surface area contributed by atoms with E-state index in [-0.39, 0.29) is 5.37 Å². The van der Waals surface area contributed by atoms with Crippen LogP contribution in [0.1, 0.15) is 36.0 Å². The molecule has 1 aromatic heterocycles. The fraction of sp³-hybridized carbons (Fsp3) is 0.303. The van der Waals surface area contributed by atoms with Crippen LogP contribution in [0.2, 0.25) is 0 Å². The van der Waals surface area contributed by atoms with Crippen LogP contribution in [0.3, 0.4) is 0 Å². The van der Waals surface area contributed by atoms with Gasteiger partial charge in [-0.25, -0.2) is 0 Å². The molecule has 0 fully saturated rings. The molecule has 4 heteroatoms. The number of rotatable bonds is 7. The molecule has 2 atom stereocenters. The second kappa shape index (κ2) is 9.66. The molecule has 0 saturated carbocycles. The van der Waals surface area contributed by atoms with Crippen molar-refractivity contribution in [3.8, 4) is 0 Å². The second-order valence-electron chi connectivity index (χ2n) is 11.5. The van der Waals surface area contributed by atoms with Gasteiger partial charge in [-0.1, -0.05) is 60.3 Å². The van der Waals surface area contributed by atoms with Crippen LogP contribution in [0.15, 0.2) is 95.5 Å². The lowest BCUT2D eigenvalue weighted by molar-refractivity contribution is -0.873. The molecular weight excluding hydrogens is 470 g/mol. The fourth-order valence-corrected chi connectivity index (χ4v) is 7.43. The number of aryl methyl sites for hydroxylation is 1. The summed E-state index contributed by atoms with van der Waals surface area (Å²) in [6.45, 7) is 4.54. The van der Waals surface area contributed by atoms with Gasteiger partial charge < -0.3 is 9.80 Å². The van der Waals surface area contributed by atoms with E-state index in [4.69, 9.17) is 0 Å². The predicted octanol–water partition coefficient (Wildman–Crippen LogP) is 6.88. The van der Waals surface area contributed by atoms with E-state index in [1.54, 1.807) is 0 Å². The molecule has 3 nitrogen and oxygen atoms in total. The SMILES string of the molecule is CC1=C(C2Nc3ccccc3S2)C(Cc2cc[n+](CCC[N+](C)(C)C)c3ccccc23)c2ccccc21. The van der Waals surface area contributed by atoms with Crippen molar-refractivity contribution in [2.75, 3.05) is 33.0 Å². The van der Waals surface area contributed by atoms with Crippen LogP contribution in [0.25, 0.3) is 16.5 Å². The van der Waals surface area contributed by atoms with E-state index >= 15 is 0 Å². The summed E-state index contributed by atoms with van der Waals surface area (Å²) in [7, 11) is 6.82. The predicted molar refractivity (Wildman–Crippen MR) is 157 cm³/mol. The molecule has 0 amide bonds. The van der Waals surface area contributed by atoms with Gasteiger partial charge in [0, 0.05) is 34.0 Å². The van der Waals surface area contributed by atoms with E-state index < -0.39 is 0 Å². The lowest BCUT2D eigenvalue weighted by Gasteiger charge is -2.23. The standard InChI is InChI=1S/C33H37N3S/c1-23-25-12-5-6-14-27(25)28(32(23)33-34-29-15-8-10-17-31(29)37-33)22-24-18-20-35(19-11-21-36(2,3)4)30-16-9-7-13-26(24)30/h5-10,12-18,20,28,33-34H,11,19,21-22H2,1-4H3/q+2. The maximum Gasteiger partial charge on any atom is 0.212 e. The van der Waals surface area contributed by atoms with E-state index in [1.165, 1.54) is 62.3 Å². The Kier molecular flexibility index (Phi) is 6.34. The van der Waals surface area contributed by atoms with Gasteiger partial charge in [-0.05, 0) is 59.4 Å². The van der Waals surface area contributed by atoms with Crippen molar-refractivity contribution in [2.24, 2.45) is 0 Å². The summed E-state index contributed by atoms with van der Waals surface area (Å²) in [6.07, 6.45) is 4.51. The minimum atomic E-state index is 0.269. The Hall–Kier alpha value is -3.08. The van der Waals surface area contributed by atoms with Gasteiger partial charge in [0.15, 0.2) is 12.7 Å². The summed E-state index contributed by atoms with van der Waals surface area (Å²) in [5, 5.41) is 5.49. The Morgan fingerprint density at radius 2 is 1.65 bits per heavy atom. The summed E-state index contributed by atoms with van der Waals surface area (Å²) in [4.78, 5) is 1.35. The Balaban J connectivity index is 1.35. The lowest BCUT2D eigenvalue weighted by Crippen LogP contribution is -2.40. The number of anilines is 1. The molecule has 0 saturated heterocycles. The van der Waals surface area contributed by atoms with Gasteiger partial charge in [0.25, 0.3) is 0 Å². The first kappa shape index (κ1) is 24.3. The average molecular weight is 508 g/mol. The number of thioether (sulfide) groups is 1. The van der Waals surface area contributed by atoms with Gasteiger partial charge >= 0.3 is 0 Å². The molecule has 2 heterocycles. The van der Waals surface area contributed by atoms with Crippen molar-refractivity contribution in [1.29, 1.82) is 0 Å². The zero-order valence-electron chi connectivity index (χ0n) is 22.4. The number of nitrogens with zero attached hydrogens (tertiary/aromatic N) is 2. The van der Waals surface area contributed by atoms with Gasteiger partial charge in [0.1, 0.15) is 0 Å². The first-order valence-corrected chi connectivity index (χ1v) is 14.3. The molecule has 0 radical (unpaired) electrons. The highest BCUT2D eigenvalue weighted by molar-refractivity contribution is 8.00. The average Bonchev–Trinajstić information content (AvgIpc) is 3.43. The molecule has 2 aliphatic rings. The lowest BCUT2D eigenvalue weighted by atomic mass is 9.87. The van der Waals surface area contributed by atoms with Crippen LogP contribution < -0.4 is 9.88 Å². The maximum absolute atomic E-state index is 3.84. The first-order valence-electron chi connectivity index (χ1n) is 13.4. The Labute approximate surface area is 225 Å². The van der Waals surface area contributed by atoms with Gasteiger partial charge in [-0.15, -0.1) is 0 Å². The number of hydrogen-bond acceptors (Lipinski definition) is 2. The van der Waals surface area contributed by atoms with E-state index in [1.807, 2.05) is 11.8 Å². The van der Waals surface area contributed by atoms with Crippen molar-refractivity contribution in [3.05, 3.63) is 107 Å². The second-order valence-corrected chi connectivity index (χ2v) is 12.6. The van der Waals surface area contributed by atoms with Gasteiger partial charge in [0.05, 0.1) is 39.5 Å². The third-order valence-electron chi connectivity index (χ3n) is 7.92. The zero-order valence-corrected chi connectivity index (χ0v) is 23.2. The Bertz CT molecular complexity index is 1470. The normalized spacial score (nSPS) is 18.7. The number of aromatic nitrogens is 1. The molecule has 1 aliphatic carbocycles. The Morgan fingerprint density at radius 3 is 2.49 bits per heavy atom. The fourth-order valence-electron chi connectivity index (χ4n) is 6.11. The molecule has 188 valence electrons. The summed E-state index contributed by atoms with van der Waals surface area (Å²) < 4.78 is 3.45. The van der Waals surface area contributed by atoms with Crippen LogP contribution in [0.4, 0.5) is 5.69 Å². The first-order chi connectivity index (χ1) is 17.9. The van der Waals surface area contributed by atoms with Crippen molar-refractivity contribution in [1.82, 2.24) is 0 Å². The van der Waals surface area contributed by atoms with E-state index in [9.17, 15) is 0 Å². The van der Waals surface area contributed by atoms with Crippen molar-refractivity contribution in [3.63, 3.8) is 0 Å². The summed E-state index contributed by atoms with van der Waals surface area (Å²) in [5.74, 6) is 0.368. The smallest absolute Gasteiger partial charge is 0.212 e. The number of allylic oxidation sites excluding steroid dienone is 1. The summed E-state index contributed by atoms with van der Waals surface area (Å²) >= 11 is 1.96. The van der Waals surface area contributed by atoms with Crippen LogP contribution in [-0.2, 0) is 13.0 Å². The number of quaternary nitrogens is 1. The van der Waals surface area contributed by atoms with Crippen LogP contribution >= 0.6 is 11.8 Å². The van der Waals surface area contributed by atoms with Crippen LogP contribution in [-0.4, -0.2) is 37.5 Å². The number of fused-ring (bicyclic) bond motifs is 3. The molecule has 1 N–H and O–H groups in total. The molecular formula is C33H37N3S+2. The summed E-state index contributed by atoms with van der Waals surface area (Å²) in [6, 6.07) is 29.1. The largest absolute Gasteiger partial charge is 0.369 e. The topological polar surface area (TPSA) is 15.9 Å². The van der Waals surface area contributed by atoms with E-state index in [0.717, 1.165) is 17.4 Å². The number of pyridine rings is 1. The van der Waals surface area contributed by atoms with Crippen molar-refractivity contribution in [2.45, 2.75) is 42.5 Å².